The summed E-state index contributed by atoms with van der Waals surface area (Å²) >= 11 is 0. The number of hydrogen-bond acceptors (Lipinski definition) is 15. The molecule has 0 heterocycles. The number of methoxy groups -OCH3 is 1. The molecule has 0 bridgehead atoms. The van der Waals surface area contributed by atoms with Crippen molar-refractivity contribution in [1.82, 2.24) is 21.3 Å². The first kappa shape index (κ1) is 51.9. The van der Waals surface area contributed by atoms with Gasteiger partial charge < -0.3 is 66.7 Å². The lowest BCUT2D eigenvalue weighted by molar-refractivity contribution is -0.166. The monoisotopic (exact) mass is 807 g/mol. The number of aliphatic hydroxyl groups excluding tert-OH is 4. The lowest BCUT2D eigenvalue weighted by Crippen LogP contribution is -2.52. The van der Waals surface area contributed by atoms with Gasteiger partial charge in [0.25, 0.3) is 5.91 Å². The van der Waals surface area contributed by atoms with Gasteiger partial charge in [0.15, 0.2) is 18.0 Å². The second-order valence-corrected chi connectivity index (χ2v) is 15.4. The quantitative estimate of drug-likeness (QED) is 0.0306. The van der Waals surface area contributed by atoms with E-state index in [-0.39, 0.29) is 51.6 Å². The van der Waals surface area contributed by atoms with E-state index < -0.39 is 95.3 Å². The number of aliphatic hydroxyl groups is 4. The lowest BCUT2D eigenvalue weighted by atomic mass is 9.90. The van der Waals surface area contributed by atoms with Crippen LogP contribution in [0.3, 0.4) is 0 Å². The highest BCUT2D eigenvalue weighted by molar-refractivity contribution is 5.93. The third kappa shape index (κ3) is 22.4. The van der Waals surface area contributed by atoms with E-state index in [0.29, 0.717) is 32.2 Å². The van der Waals surface area contributed by atoms with Gasteiger partial charge in [-0.15, -0.1) is 0 Å². The second-order valence-electron chi connectivity index (χ2n) is 15.4. The van der Waals surface area contributed by atoms with Crippen molar-refractivity contribution in [3.05, 3.63) is 0 Å². The third-order valence-corrected chi connectivity index (χ3v) is 8.03. The number of carbonyl (C=O) groups excluding carboxylic acids is 6. The molecule has 20 heteroatoms. The number of esters is 1. The fourth-order valence-electron chi connectivity index (χ4n) is 5.13. The average Bonchev–Trinajstić information content (AvgIpc) is 3.09. The predicted molar refractivity (Wildman–Crippen MR) is 200 cm³/mol. The molecule has 0 aliphatic rings. The number of unbranched alkanes of at least 4 members (excludes halogenated alkanes) is 3. The molecule has 0 aliphatic carbocycles. The van der Waals surface area contributed by atoms with Crippen molar-refractivity contribution in [2.24, 2.45) is 11.7 Å². The van der Waals surface area contributed by atoms with Crippen LogP contribution in [0.1, 0.15) is 106 Å². The van der Waals surface area contributed by atoms with Crippen molar-refractivity contribution in [2.45, 2.75) is 153 Å². The fraction of sp³-hybridized carbons (Fsp3) is 0.806. The number of Topliss-reactive ketones (excluding diaryl/α,β-unsaturated/α-hetero) is 1. The van der Waals surface area contributed by atoms with Crippen molar-refractivity contribution in [2.75, 3.05) is 26.7 Å². The number of alkyl carbamates (subject to hydrolysis) is 2. The van der Waals surface area contributed by atoms with Crippen molar-refractivity contribution < 1.29 is 73.3 Å². The Kier molecular flexibility index (Phi) is 24.0. The largest absolute Gasteiger partial charge is 0.479 e. The zero-order valence-corrected chi connectivity index (χ0v) is 33.6. The minimum Gasteiger partial charge on any atom is -0.479 e. The summed E-state index contributed by atoms with van der Waals surface area (Å²) in [5.74, 6) is -5.81. The van der Waals surface area contributed by atoms with Crippen LogP contribution in [-0.2, 0) is 38.2 Å². The summed E-state index contributed by atoms with van der Waals surface area (Å²) in [6, 6.07) is -2.16. The van der Waals surface area contributed by atoms with Crippen molar-refractivity contribution in [3.63, 3.8) is 0 Å². The number of nitrogens with two attached hydrogens (primary N) is 1. The SMILES string of the molecule is COC(=O)[C@H](CCCCN)NC(=O)[C@H](CCCCNC(=O)OC(C)(C)C)CC(=O)C(CCCCNC(=O)[C@@H](O)[C@H](O)[C@H](O)[C@@H](O)C(=O)O)NC(=O)OC(C)(C)C. The maximum Gasteiger partial charge on any atom is 0.408 e. The maximum atomic E-state index is 13.8. The number of aliphatic carboxylic acids is 1. The summed E-state index contributed by atoms with van der Waals surface area (Å²) in [6.45, 7) is 10.5. The molecule has 0 aromatic heterocycles. The Labute approximate surface area is 327 Å². The highest BCUT2D eigenvalue weighted by atomic mass is 16.6. The summed E-state index contributed by atoms with van der Waals surface area (Å²) in [4.78, 5) is 87.9. The smallest absolute Gasteiger partial charge is 0.408 e. The van der Waals surface area contributed by atoms with E-state index >= 15 is 0 Å². The zero-order valence-electron chi connectivity index (χ0n) is 33.6. The molecule has 0 saturated heterocycles. The Morgan fingerprint density at radius 1 is 0.625 bits per heavy atom. The minimum absolute atomic E-state index is 0.0145. The molecule has 0 aliphatic heterocycles. The van der Waals surface area contributed by atoms with Crippen LogP contribution in [-0.4, -0.2) is 142 Å². The van der Waals surface area contributed by atoms with E-state index in [9.17, 15) is 54.0 Å². The summed E-state index contributed by atoms with van der Waals surface area (Å²) in [5.41, 5.74) is 3.97. The Morgan fingerprint density at radius 3 is 1.66 bits per heavy atom. The van der Waals surface area contributed by atoms with E-state index in [1.165, 1.54) is 7.11 Å². The first-order chi connectivity index (χ1) is 25.9. The number of amides is 4. The molecule has 0 saturated carbocycles. The summed E-state index contributed by atoms with van der Waals surface area (Å²) in [6.07, 6.45) is -8.55. The third-order valence-electron chi connectivity index (χ3n) is 8.03. The van der Waals surface area contributed by atoms with Gasteiger partial charge in [0, 0.05) is 25.4 Å². The van der Waals surface area contributed by atoms with Gasteiger partial charge in [-0.3, -0.25) is 14.4 Å². The van der Waals surface area contributed by atoms with Gasteiger partial charge in [0.1, 0.15) is 29.5 Å². The molecule has 56 heavy (non-hydrogen) atoms. The summed E-state index contributed by atoms with van der Waals surface area (Å²) < 4.78 is 15.4. The number of carbonyl (C=O) groups is 7. The molecule has 0 aromatic rings. The molecule has 7 atom stereocenters. The Bertz CT molecular complexity index is 1270. The van der Waals surface area contributed by atoms with Gasteiger partial charge >= 0.3 is 24.1 Å². The van der Waals surface area contributed by atoms with Crippen LogP contribution in [0.25, 0.3) is 0 Å². The van der Waals surface area contributed by atoms with Crippen LogP contribution >= 0.6 is 0 Å². The number of hydrogen-bond donors (Lipinski definition) is 10. The average molecular weight is 808 g/mol. The molecule has 0 radical (unpaired) electrons. The number of rotatable bonds is 26. The van der Waals surface area contributed by atoms with Crippen molar-refractivity contribution >= 4 is 41.7 Å². The van der Waals surface area contributed by atoms with Crippen LogP contribution in [0.4, 0.5) is 9.59 Å². The van der Waals surface area contributed by atoms with Gasteiger partial charge in [-0.1, -0.05) is 6.42 Å². The Hall–Kier alpha value is -4.11. The van der Waals surface area contributed by atoms with Crippen LogP contribution in [0.5, 0.6) is 0 Å². The standard InChI is InChI=1S/C36H65N5O15/c1-35(2,3)55-33(52)39-19-12-9-14-21(29(47)40-23(32(51)54-7)16-8-11-17-37)20-24(42)22(41-34(53)56-36(4,5)6)15-10-13-18-38-30(48)27(45)25(43)26(44)28(46)31(49)50/h21-23,25-28,43-46H,8-20,37H2,1-7H3,(H,38,48)(H,39,52)(H,40,47)(H,41,53)(H,49,50)/t21-,22?,23+,25-,26+,27+,28-/m1/s1. The van der Waals surface area contributed by atoms with E-state index in [1.807, 2.05) is 0 Å². The summed E-state index contributed by atoms with van der Waals surface area (Å²) in [5, 5.41) is 58.0. The molecule has 0 rings (SSSR count). The molecule has 0 spiro atoms. The van der Waals surface area contributed by atoms with Crippen LogP contribution in [0, 0.1) is 5.92 Å². The fourth-order valence-corrected chi connectivity index (χ4v) is 5.13. The number of nitrogens with one attached hydrogen (secondary N) is 4. The number of carboxylic acids is 1. The Balaban J connectivity index is 5.88. The van der Waals surface area contributed by atoms with E-state index in [1.54, 1.807) is 41.5 Å². The molecule has 0 aromatic carbocycles. The topological polar surface area (TPSA) is 322 Å². The van der Waals surface area contributed by atoms with Gasteiger partial charge in [0.2, 0.25) is 5.91 Å². The van der Waals surface area contributed by atoms with E-state index in [4.69, 9.17) is 25.1 Å². The number of carboxylic acid groups (broad SMARTS) is 1. The molecular formula is C36H65N5O15. The second kappa shape index (κ2) is 25.9. The van der Waals surface area contributed by atoms with E-state index in [2.05, 4.69) is 21.3 Å². The first-order valence-electron chi connectivity index (χ1n) is 18.7. The molecule has 324 valence electrons. The van der Waals surface area contributed by atoms with Gasteiger partial charge in [-0.2, -0.15) is 0 Å². The van der Waals surface area contributed by atoms with Crippen LogP contribution < -0.4 is 27.0 Å². The van der Waals surface area contributed by atoms with Crippen LogP contribution in [0.2, 0.25) is 0 Å². The van der Waals surface area contributed by atoms with Gasteiger partial charge in [0.05, 0.1) is 13.2 Å². The summed E-state index contributed by atoms with van der Waals surface area (Å²) in [7, 11) is 1.19. The molecule has 20 nitrogen and oxygen atoms in total. The zero-order chi connectivity index (χ0) is 43.2. The molecule has 1 unspecified atom stereocenters. The van der Waals surface area contributed by atoms with Gasteiger partial charge in [-0.25, -0.2) is 19.2 Å². The molecular weight excluding hydrogens is 742 g/mol. The first-order valence-corrected chi connectivity index (χ1v) is 18.7. The Morgan fingerprint density at radius 2 is 1.12 bits per heavy atom. The number of ether oxygens (including phenoxy) is 3. The van der Waals surface area contributed by atoms with Gasteiger partial charge in [-0.05, 0) is 99.5 Å². The highest BCUT2D eigenvalue weighted by Crippen LogP contribution is 2.19. The van der Waals surface area contributed by atoms with Crippen LogP contribution in [0.15, 0.2) is 0 Å². The molecule has 0 fully saturated rings. The molecule has 4 amide bonds. The highest BCUT2D eigenvalue weighted by Gasteiger charge is 2.37. The van der Waals surface area contributed by atoms with Crippen molar-refractivity contribution in [1.29, 1.82) is 0 Å². The number of ketones is 1. The lowest BCUT2D eigenvalue weighted by Gasteiger charge is -2.25. The molecule has 11 N–H and O–H groups in total. The predicted octanol–water partition coefficient (Wildman–Crippen LogP) is -0.248. The van der Waals surface area contributed by atoms with Crippen molar-refractivity contribution in [3.8, 4) is 0 Å². The van der Waals surface area contributed by atoms with E-state index in [0.717, 1.165) is 0 Å². The normalized spacial score (nSPS) is 15.4. The minimum atomic E-state index is -2.46. The maximum absolute atomic E-state index is 13.8.